The number of benzene rings is 1. The highest BCUT2D eigenvalue weighted by molar-refractivity contribution is 5.91. The molecule has 0 amide bonds. The maximum absolute atomic E-state index is 10.6. The van der Waals surface area contributed by atoms with E-state index in [-0.39, 0.29) is 5.57 Å². The summed E-state index contributed by atoms with van der Waals surface area (Å²) in [5.41, 5.74) is 7.18. The molecule has 0 atom stereocenters. The smallest absolute Gasteiger partial charge is 0.331 e. The van der Waals surface area contributed by atoms with E-state index in [0.29, 0.717) is 11.4 Å². The van der Waals surface area contributed by atoms with Gasteiger partial charge >= 0.3 is 5.97 Å². The van der Waals surface area contributed by atoms with Gasteiger partial charge in [-0.3, -0.25) is 0 Å². The number of hydrogen-bond donors (Lipinski definition) is 2. The van der Waals surface area contributed by atoms with Gasteiger partial charge in [-0.25, -0.2) is 4.79 Å². The summed E-state index contributed by atoms with van der Waals surface area (Å²) in [6, 6.07) is 5.12. The summed E-state index contributed by atoms with van der Waals surface area (Å²) < 4.78 is 5.03. The fourth-order valence-electron chi connectivity index (χ4n) is 1.13. The lowest BCUT2D eigenvalue weighted by Crippen LogP contribution is -1.96. The van der Waals surface area contributed by atoms with E-state index < -0.39 is 5.97 Å². The molecular weight excluding hydrogens is 194 g/mol. The fraction of sp³-hybridized carbons (Fsp3) is 0.182. The van der Waals surface area contributed by atoms with Crippen LogP contribution in [0, 0.1) is 0 Å². The molecule has 0 spiro atoms. The first-order chi connectivity index (χ1) is 7.04. The van der Waals surface area contributed by atoms with Gasteiger partial charge in [0, 0.05) is 5.57 Å². The van der Waals surface area contributed by atoms with Crippen LogP contribution >= 0.6 is 0 Å². The van der Waals surface area contributed by atoms with Crippen LogP contribution in [-0.2, 0) is 4.79 Å². The Kier molecular flexibility index (Phi) is 3.33. The van der Waals surface area contributed by atoms with Crippen LogP contribution in [-0.4, -0.2) is 18.2 Å². The Morgan fingerprint density at radius 3 is 2.73 bits per heavy atom. The number of ether oxygens (including phenoxy) is 1. The molecule has 1 aromatic rings. The summed E-state index contributed by atoms with van der Waals surface area (Å²) in [7, 11) is 1.52. The SMILES string of the molecule is COc1cc(/C=C(\C)C(=O)O)ccc1N. The zero-order valence-electron chi connectivity index (χ0n) is 8.65. The number of rotatable bonds is 3. The second kappa shape index (κ2) is 4.50. The van der Waals surface area contributed by atoms with Gasteiger partial charge in [0.25, 0.3) is 0 Å². The number of methoxy groups -OCH3 is 1. The maximum atomic E-state index is 10.6. The first-order valence-corrected chi connectivity index (χ1v) is 4.39. The summed E-state index contributed by atoms with van der Waals surface area (Å²) in [6.07, 6.45) is 1.56. The van der Waals surface area contributed by atoms with Crippen LogP contribution in [0.4, 0.5) is 5.69 Å². The molecule has 0 fully saturated rings. The summed E-state index contributed by atoms with van der Waals surface area (Å²) in [6.45, 7) is 1.53. The molecular formula is C11H13NO3. The van der Waals surface area contributed by atoms with Crippen molar-refractivity contribution < 1.29 is 14.6 Å². The number of carbonyl (C=O) groups is 1. The summed E-state index contributed by atoms with van der Waals surface area (Å²) in [5, 5.41) is 8.70. The number of carboxylic acid groups (broad SMARTS) is 1. The van der Waals surface area contributed by atoms with Crippen molar-refractivity contribution >= 4 is 17.7 Å². The molecule has 0 aliphatic carbocycles. The molecule has 4 nitrogen and oxygen atoms in total. The van der Waals surface area contributed by atoms with Crippen molar-refractivity contribution in [1.29, 1.82) is 0 Å². The van der Waals surface area contributed by atoms with E-state index in [2.05, 4.69) is 0 Å². The van der Waals surface area contributed by atoms with Gasteiger partial charge in [0.1, 0.15) is 5.75 Å². The van der Waals surface area contributed by atoms with Crippen molar-refractivity contribution in [3.8, 4) is 5.75 Å². The van der Waals surface area contributed by atoms with Crippen LogP contribution in [0.1, 0.15) is 12.5 Å². The Morgan fingerprint density at radius 1 is 1.53 bits per heavy atom. The van der Waals surface area contributed by atoms with Crippen molar-refractivity contribution in [3.63, 3.8) is 0 Å². The molecule has 0 aromatic heterocycles. The minimum atomic E-state index is -0.939. The number of carboxylic acids is 1. The van der Waals surface area contributed by atoms with Crippen molar-refractivity contribution in [2.45, 2.75) is 6.92 Å². The number of anilines is 1. The lowest BCUT2D eigenvalue weighted by molar-refractivity contribution is -0.132. The van der Waals surface area contributed by atoms with E-state index in [4.69, 9.17) is 15.6 Å². The standard InChI is InChI=1S/C11H13NO3/c1-7(11(13)14)5-8-3-4-9(12)10(6-8)15-2/h3-6H,12H2,1-2H3,(H,13,14)/b7-5+. The highest BCUT2D eigenvalue weighted by Crippen LogP contribution is 2.23. The molecule has 3 N–H and O–H groups in total. The van der Waals surface area contributed by atoms with E-state index in [0.717, 1.165) is 5.56 Å². The molecule has 0 heterocycles. The van der Waals surface area contributed by atoms with Crippen molar-refractivity contribution in [3.05, 3.63) is 29.3 Å². The van der Waals surface area contributed by atoms with Gasteiger partial charge in [-0.2, -0.15) is 0 Å². The molecule has 80 valence electrons. The normalized spacial score (nSPS) is 11.2. The van der Waals surface area contributed by atoms with Crippen LogP contribution in [0.25, 0.3) is 6.08 Å². The van der Waals surface area contributed by atoms with Gasteiger partial charge in [0.15, 0.2) is 0 Å². The third-order valence-electron chi connectivity index (χ3n) is 1.98. The number of nitrogen functional groups attached to an aromatic ring is 1. The molecule has 0 aliphatic heterocycles. The lowest BCUT2D eigenvalue weighted by Gasteiger charge is -2.05. The van der Waals surface area contributed by atoms with E-state index in [1.807, 2.05) is 0 Å². The average Bonchev–Trinajstić information content (AvgIpc) is 2.20. The monoisotopic (exact) mass is 207 g/mol. The third kappa shape index (κ3) is 2.74. The third-order valence-corrected chi connectivity index (χ3v) is 1.98. The number of nitrogens with two attached hydrogens (primary N) is 1. The molecule has 0 bridgehead atoms. The fourth-order valence-corrected chi connectivity index (χ4v) is 1.13. The molecule has 1 rings (SSSR count). The quantitative estimate of drug-likeness (QED) is 0.585. The molecule has 0 saturated heterocycles. The predicted molar refractivity (Wildman–Crippen MR) is 58.7 cm³/mol. The second-order valence-corrected chi connectivity index (χ2v) is 3.13. The topological polar surface area (TPSA) is 72.5 Å². The highest BCUT2D eigenvalue weighted by atomic mass is 16.5. The van der Waals surface area contributed by atoms with E-state index in [1.165, 1.54) is 14.0 Å². The van der Waals surface area contributed by atoms with Gasteiger partial charge in [-0.1, -0.05) is 6.07 Å². The Bertz CT molecular complexity index is 410. The van der Waals surface area contributed by atoms with E-state index >= 15 is 0 Å². The van der Waals surface area contributed by atoms with Crippen LogP contribution in [0.2, 0.25) is 0 Å². The molecule has 4 heteroatoms. The zero-order chi connectivity index (χ0) is 11.4. The molecule has 0 saturated carbocycles. The van der Waals surface area contributed by atoms with Crippen LogP contribution < -0.4 is 10.5 Å². The molecule has 1 aromatic carbocycles. The Morgan fingerprint density at radius 2 is 2.20 bits per heavy atom. The number of hydrogen-bond acceptors (Lipinski definition) is 3. The van der Waals surface area contributed by atoms with E-state index in [9.17, 15) is 4.79 Å². The van der Waals surface area contributed by atoms with Gasteiger partial charge in [0.2, 0.25) is 0 Å². The Hall–Kier alpha value is -1.97. The van der Waals surface area contributed by atoms with Crippen molar-refractivity contribution in [2.75, 3.05) is 12.8 Å². The molecule has 0 unspecified atom stereocenters. The average molecular weight is 207 g/mol. The Labute approximate surface area is 88.0 Å². The van der Waals surface area contributed by atoms with Gasteiger partial charge in [-0.05, 0) is 30.7 Å². The largest absolute Gasteiger partial charge is 0.495 e. The first-order valence-electron chi connectivity index (χ1n) is 4.39. The Balaban J connectivity index is 3.07. The first kappa shape index (κ1) is 11.1. The lowest BCUT2D eigenvalue weighted by atomic mass is 10.1. The van der Waals surface area contributed by atoms with Crippen molar-refractivity contribution in [1.82, 2.24) is 0 Å². The summed E-state index contributed by atoms with van der Waals surface area (Å²) >= 11 is 0. The molecule has 0 aliphatic rings. The zero-order valence-corrected chi connectivity index (χ0v) is 8.65. The second-order valence-electron chi connectivity index (χ2n) is 3.13. The van der Waals surface area contributed by atoms with Crippen molar-refractivity contribution in [2.24, 2.45) is 0 Å². The minimum Gasteiger partial charge on any atom is -0.495 e. The predicted octanol–water partition coefficient (Wildman–Crippen LogP) is 1.77. The van der Waals surface area contributed by atoms with E-state index in [1.54, 1.807) is 24.3 Å². The van der Waals surface area contributed by atoms with Crippen LogP contribution in [0.5, 0.6) is 5.75 Å². The summed E-state index contributed by atoms with van der Waals surface area (Å²) in [4.78, 5) is 10.6. The molecule has 15 heavy (non-hydrogen) atoms. The maximum Gasteiger partial charge on any atom is 0.331 e. The summed E-state index contributed by atoms with van der Waals surface area (Å²) in [5.74, 6) is -0.396. The van der Waals surface area contributed by atoms with Crippen LogP contribution in [0.3, 0.4) is 0 Å². The van der Waals surface area contributed by atoms with Gasteiger partial charge in [-0.15, -0.1) is 0 Å². The number of aliphatic carboxylic acids is 1. The minimum absolute atomic E-state index is 0.266. The van der Waals surface area contributed by atoms with Gasteiger partial charge in [0.05, 0.1) is 12.8 Å². The van der Waals surface area contributed by atoms with Gasteiger partial charge < -0.3 is 15.6 Å². The highest BCUT2D eigenvalue weighted by Gasteiger charge is 2.02. The van der Waals surface area contributed by atoms with Crippen LogP contribution in [0.15, 0.2) is 23.8 Å². The molecule has 0 radical (unpaired) electrons.